The van der Waals surface area contributed by atoms with E-state index >= 15 is 0 Å². The maximum atomic E-state index is 11.6. The Labute approximate surface area is 114 Å². The van der Waals surface area contributed by atoms with E-state index < -0.39 is 0 Å². The summed E-state index contributed by atoms with van der Waals surface area (Å²) in [5, 5.41) is 5.33. The summed E-state index contributed by atoms with van der Waals surface area (Å²) >= 11 is 3.19. The topological polar surface area (TPSA) is 74.3 Å². The lowest BCUT2D eigenvalue weighted by Crippen LogP contribution is -2.39. The zero-order valence-corrected chi connectivity index (χ0v) is 11.8. The van der Waals surface area contributed by atoms with Gasteiger partial charge in [0.15, 0.2) is 0 Å². The quantitative estimate of drug-likeness (QED) is 0.639. The minimum absolute atomic E-state index is 0.186. The molecule has 1 aromatic rings. The molecule has 0 aliphatic carbocycles. The number of halogens is 1. The van der Waals surface area contributed by atoms with Crippen molar-refractivity contribution in [1.29, 1.82) is 0 Å². The molecule has 1 rings (SSSR count). The van der Waals surface area contributed by atoms with Gasteiger partial charge in [-0.1, -0.05) is 0 Å². The van der Waals surface area contributed by atoms with Gasteiger partial charge in [0, 0.05) is 33.4 Å². The average Bonchev–Trinajstić information content (AvgIpc) is 2.34. The Bertz CT molecular complexity index is 420. The third-order valence-electron chi connectivity index (χ3n) is 2.08. The van der Waals surface area contributed by atoms with Crippen LogP contribution in [0, 0.1) is 0 Å². The van der Waals surface area contributed by atoms with E-state index in [0.29, 0.717) is 23.3 Å². The molecule has 0 aliphatic heterocycles. The summed E-state index contributed by atoms with van der Waals surface area (Å²) in [7, 11) is 3.31. The van der Waals surface area contributed by atoms with Crippen LogP contribution in [-0.4, -0.2) is 49.0 Å². The molecule has 0 atom stereocenters. The van der Waals surface area contributed by atoms with Crippen molar-refractivity contribution >= 4 is 27.9 Å². The summed E-state index contributed by atoms with van der Waals surface area (Å²) in [6.45, 7) is 0.751. The standard InChI is InChI=1S/C11H15BrN4O2/c1-16(2)11(18)14-6-5-13-10(17)8-3-4-9(12)15-7-8/h3-4,7H,5-6H2,1-2H3,(H,13,17)(H,14,18). The van der Waals surface area contributed by atoms with Gasteiger partial charge in [-0.05, 0) is 28.1 Å². The van der Waals surface area contributed by atoms with Gasteiger partial charge in [-0.2, -0.15) is 0 Å². The van der Waals surface area contributed by atoms with E-state index in [1.54, 1.807) is 26.2 Å². The minimum Gasteiger partial charge on any atom is -0.350 e. The lowest BCUT2D eigenvalue weighted by atomic mass is 10.3. The van der Waals surface area contributed by atoms with Crippen molar-refractivity contribution in [2.24, 2.45) is 0 Å². The predicted molar refractivity (Wildman–Crippen MR) is 71.4 cm³/mol. The van der Waals surface area contributed by atoms with E-state index in [9.17, 15) is 9.59 Å². The van der Waals surface area contributed by atoms with Gasteiger partial charge in [0.05, 0.1) is 5.56 Å². The van der Waals surface area contributed by atoms with Gasteiger partial charge >= 0.3 is 6.03 Å². The van der Waals surface area contributed by atoms with Gasteiger partial charge in [-0.15, -0.1) is 0 Å². The molecule has 0 aliphatic rings. The first-order chi connectivity index (χ1) is 8.50. The van der Waals surface area contributed by atoms with Gasteiger partial charge in [0.2, 0.25) is 0 Å². The van der Waals surface area contributed by atoms with Gasteiger partial charge < -0.3 is 15.5 Å². The lowest BCUT2D eigenvalue weighted by molar-refractivity contribution is 0.0953. The molecule has 1 aromatic heterocycles. The zero-order valence-electron chi connectivity index (χ0n) is 10.2. The molecule has 1 heterocycles. The van der Waals surface area contributed by atoms with Crippen LogP contribution in [0.15, 0.2) is 22.9 Å². The van der Waals surface area contributed by atoms with Crippen molar-refractivity contribution in [3.63, 3.8) is 0 Å². The Kier molecular flexibility index (Phi) is 5.57. The summed E-state index contributed by atoms with van der Waals surface area (Å²) < 4.78 is 0.678. The van der Waals surface area contributed by atoms with Crippen LogP contribution in [0.3, 0.4) is 0 Å². The summed E-state index contributed by atoms with van der Waals surface area (Å²) in [6.07, 6.45) is 1.48. The van der Waals surface area contributed by atoms with Crippen LogP contribution in [0.25, 0.3) is 0 Å². The molecule has 98 valence electrons. The molecule has 7 heteroatoms. The van der Waals surface area contributed by atoms with Crippen molar-refractivity contribution in [2.75, 3.05) is 27.2 Å². The summed E-state index contributed by atoms with van der Waals surface area (Å²) in [5.41, 5.74) is 0.483. The van der Waals surface area contributed by atoms with Crippen LogP contribution < -0.4 is 10.6 Å². The van der Waals surface area contributed by atoms with Crippen LogP contribution in [-0.2, 0) is 0 Å². The van der Waals surface area contributed by atoms with Crippen molar-refractivity contribution in [3.05, 3.63) is 28.5 Å². The number of hydrogen-bond donors (Lipinski definition) is 2. The number of hydrogen-bond acceptors (Lipinski definition) is 3. The Morgan fingerprint density at radius 3 is 2.50 bits per heavy atom. The SMILES string of the molecule is CN(C)C(=O)NCCNC(=O)c1ccc(Br)nc1. The highest BCUT2D eigenvalue weighted by Crippen LogP contribution is 2.05. The number of rotatable bonds is 4. The summed E-state index contributed by atoms with van der Waals surface area (Å²) in [6, 6.07) is 3.18. The molecule has 18 heavy (non-hydrogen) atoms. The van der Waals surface area contributed by atoms with Crippen molar-refractivity contribution < 1.29 is 9.59 Å². The number of carbonyl (C=O) groups excluding carboxylic acids is 2. The molecule has 0 radical (unpaired) electrons. The van der Waals surface area contributed by atoms with E-state index in [-0.39, 0.29) is 11.9 Å². The Hall–Kier alpha value is -1.63. The number of urea groups is 1. The Morgan fingerprint density at radius 2 is 1.94 bits per heavy atom. The molecule has 0 bridgehead atoms. The summed E-state index contributed by atoms with van der Waals surface area (Å²) in [5.74, 6) is -0.214. The lowest BCUT2D eigenvalue weighted by Gasteiger charge is -2.12. The normalized spacial score (nSPS) is 9.72. The van der Waals surface area contributed by atoms with Crippen LogP contribution >= 0.6 is 15.9 Å². The predicted octanol–water partition coefficient (Wildman–Crippen LogP) is 0.845. The van der Waals surface area contributed by atoms with Crippen molar-refractivity contribution in [1.82, 2.24) is 20.5 Å². The first kappa shape index (κ1) is 14.4. The number of nitrogens with zero attached hydrogens (tertiary/aromatic N) is 2. The maximum absolute atomic E-state index is 11.6. The highest BCUT2D eigenvalue weighted by atomic mass is 79.9. The van der Waals surface area contributed by atoms with Gasteiger partial charge in [-0.3, -0.25) is 4.79 Å². The monoisotopic (exact) mass is 314 g/mol. The highest BCUT2D eigenvalue weighted by molar-refractivity contribution is 9.10. The largest absolute Gasteiger partial charge is 0.350 e. The minimum atomic E-state index is -0.214. The third kappa shape index (κ3) is 4.70. The van der Waals surface area contributed by atoms with Crippen LogP contribution in [0.4, 0.5) is 4.79 Å². The van der Waals surface area contributed by atoms with Crippen molar-refractivity contribution in [3.8, 4) is 0 Å². The summed E-state index contributed by atoms with van der Waals surface area (Å²) in [4.78, 5) is 28.2. The average molecular weight is 315 g/mol. The molecular weight excluding hydrogens is 300 g/mol. The van der Waals surface area contributed by atoms with E-state index in [1.807, 2.05) is 0 Å². The second kappa shape index (κ2) is 6.95. The van der Waals surface area contributed by atoms with E-state index in [1.165, 1.54) is 11.1 Å². The second-order valence-electron chi connectivity index (χ2n) is 3.75. The number of aromatic nitrogens is 1. The Morgan fingerprint density at radius 1 is 1.28 bits per heavy atom. The fourth-order valence-corrected chi connectivity index (χ4v) is 1.35. The third-order valence-corrected chi connectivity index (χ3v) is 2.55. The highest BCUT2D eigenvalue weighted by Gasteiger charge is 2.05. The maximum Gasteiger partial charge on any atom is 0.316 e. The first-order valence-electron chi connectivity index (χ1n) is 5.35. The molecule has 2 N–H and O–H groups in total. The molecule has 0 spiro atoms. The number of pyridine rings is 1. The Balaban J connectivity index is 2.29. The van der Waals surface area contributed by atoms with E-state index in [2.05, 4.69) is 31.5 Å². The van der Waals surface area contributed by atoms with E-state index in [0.717, 1.165) is 0 Å². The van der Waals surface area contributed by atoms with Crippen LogP contribution in [0.5, 0.6) is 0 Å². The van der Waals surface area contributed by atoms with Gasteiger partial charge in [0.1, 0.15) is 4.60 Å². The molecular formula is C11H15BrN4O2. The fourth-order valence-electron chi connectivity index (χ4n) is 1.12. The number of amides is 3. The molecule has 0 saturated heterocycles. The first-order valence-corrected chi connectivity index (χ1v) is 6.15. The number of nitrogens with one attached hydrogen (secondary N) is 2. The zero-order chi connectivity index (χ0) is 13.5. The fraction of sp³-hybridized carbons (Fsp3) is 0.364. The smallest absolute Gasteiger partial charge is 0.316 e. The van der Waals surface area contributed by atoms with Gasteiger partial charge in [-0.25, -0.2) is 9.78 Å². The van der Waals surface area contributed by atoms with Crippen LogP contribution in [0.2, 0.25) is 0 Å². The number of carbonyl (C=O) groups is 2. The molecule has 0 aromatic carbocycles. The molecule has 0 fully saturated rings. The molecule has 6 nitrogen and oxygen atoms in total. The molecule has 0 saturated carbocycles. The van der Waals surface area contributed by atoms with Crippen molar-refractivity contribution in [2.45, 2.75) is 0 Å². The second-order valence-corrected chi connectivity index (χ2v) is 4.56. The van der Waals surface area contributed by atoms with E-state index in [4.69, 9.17) is 0 Å². The van der Waals surface area contributed by atoms with Crippen LogP contribution in [0.1, 0.15) is 10.4 Å². The molecule has 3 amide bonds. The molecule has 0 unspecified atom stereocenters. The van der Waals surface area contributed by atoms with Gasteiger partial charge in [0.25, 0.3) is 5.91 Å².